The molecule has 0 saturated heterocycles. The highest BCUT2D eigenvalue weighted by Gasteiger charge is 2.09. The summed E-state index contributed by atoms with van der Waals surface area (Å²) in [5, 5.41) is 5.25. The van der Waals surface area contributed by atoms with Gasteiger partial charge in [0.25, 0.3) is 5.56 Å². The molecule has 5 nitrogen and oxygen atoms in total. The van der Waals surface area contributed by atoms with E-state index in [1.807, 2.05) is 18.2 Å². The number of rotatable bonds is 2. The normalized spacial score (nSPS) is 10.4. The van der Waals surface area contributed by atoms with Crippen LogP contribution in [-0.2, 0) is 6.54 Å². The van der Waals surface area contributed by atoms with E-state index in [0.29, 0.717) is 17.0 Å². The van der Waals surface area contributed by atoms with Gasteiger partial charge in [0.05, 0.1) is 17.0 Å². The lowest BCUT2D eigenvalue weighted by molar-refractivity contribution is 1.04. The van der Waals surface area contributed by atoms with Gasteiger partial charge < -0.3 is 5.73 Å². The summed E-state index contributed by atoms with van der Waals surface area (Å²) in [6, 6.07) is 5.49. The van der Waals surface area contributed by atoms with E-state index in [0.717, 1.165) is 0 Å². The molecule has 2 heterocycles. The van der Waals surface area contributed by atoms with E-state index < -0.39 is 0 Å². The van der Waals surface area contributed by atoms with Gasteiger partial charge in [-0.15, -0.1) is 0 Å². The maximum absolute atomic E-state index is 11.2. The molecular formula is C9H10N4O. The lowest BCUT2D eigenvalue weighted by atomic mass is 10.2. The van der Waals surface area contributed by atoms with Crippen molar-refractivity contribution in [3.63, 3.8) is 0 Å². The Morgan fingerprint density at radius 2 is 2.21 bits per heavy atom. The van der Waals surface area contributed by atoms with E-state index in [2.05, 4.69) is 15.2 Å². The van der Waals surface area contributed by atoms with Crippen molar-refractivity contribution in [2.75, 3.05) is 0 Å². The summed E-state index contributed by atoms with van der Waals surface area (Å²) in [5.41, 5.74) is 7.19. The maximum atomic E-state index is 11.2. The number of H-pyrrole nitrogens is 2. The molecule has 14 heavy (non-hydrogen) atoms. The fourth-order valence-electron chi connectivity index (χ4n) is 1.31. The zero-order valence-corrected chi connectivity index (χ0v) is 7.45. The van der Waals surface area contributed by atoms with Gasteiger partial charge in [-0.3, -0.25) is 20.0 Å². The van der Waals surface area contributed by atoms with E-state index in [1.165, 1.54) is 0 Å². The van der Waals surface area contributed by atoms with Crippen LogP contribution in [0.15, 0.2) is 29.2 Å². The number of pyridine rings is 1. The molecule has 0 atom stereocenters. The van der Waals surface area contributed by atoms with Gasteiger partial charge in [0.15, 0.2) is 0 Å². The summed E-state index contributed by atoms with van der Waals surface area (Å²) in [5.74, 6) is 0. The maximum Gasteiger partial charge on any atom is 0.269 e. The van der Waals surface area contributed by atoms with Gasteiger partial charge in [-0.2, -0.15) is 0 Å². The molecule has 0 aliphatic rings. The van der Waals surface area contributed by atoms with Gasteiger partial charge in [0, 0.05) is 12.7 Å². The van der Waals surface area contributed by atoms with Crippen molar-refractivity contribution in [3.8, 4) is 11.4 Å². The summed E-state index contributed by atoms with van der Waals surface area (Å²) >= 11 is 0. The van der Waals surface area contributed by atoms with Gasteiger partial charge >= 0.3 is 0 Å². The molecular weight excluding hydrogens is 180 g/mol. The Kier molecular flexibility index (Phi) is 2.16. The minimum absolute atomic E-state index is 0.187. The first-order valence-corrected chi connectivity index (χ1v) is 4.24. The van der Waals surface area contributed by atoms with Gasteiger partial charge in [-0.1, -0.05) is 6.07 Å². The van der Waals surface area contributed by atoms with Crippen molar-refractivity contribution < 1.29 is 0 Å². The topological polar surface area (TPSA) is 87.6 Å². The summed E-state index contributed by atoms with van der Waals surface area (Å²) in [6.07, 6.45) is 1.67. The van der Waals surface area contributed by atoms with Crippen molar-refractivity contribution in [1.82, 2.24) is 15.2 Å². The Hall–Kier alpha value is -1.88. The minimum Gasteiger partial charge on any atom is -0.326 e. The average molecular weight is 190 g/mol. The molecule has 4 N–H and O–H groups in total. The Labute approximate surface area is 80.0 Å². The van der Waals surface area contributed by atoms with Crippen LogP contribution >= 0.6 is 0 Å². The first kappa shape index (κ1) is 8.71. The van der Waals surface area contributed by atoms with Crippen LogP contribution in [0.4, 0.5) is 0 Å². The molecule has 2 aromatic heterocycles. The largest absolute Gasteiger partial charge is 0.326 e. The molecule has 0 aliphatic carbocycles. The second kappa shape index (κ2) is 3.47. The summed E-state index contributed by atoms with van der Waals surface area (Å²) in [4.78, 5) is 15.4. The number of nitrogens with zero attached hydrogens (tertiary/aromatic N) is 1. The molecule has 0 saturated carbocycles. The Balaban J connectivity index is 2.57. The Morgan fingerprint density at radius 1 is 1.36 bits per heavy atom. The molecule has 0 spiro atoms. The zero-order valence-electron chi connectivity index (χ0n) is 7.45. The predicted octanol–water partition coefficient (Wildman–Crippen LogP) is 0.224. The molecule has 0 fully saturated rings. The number of hydrogen-bond acceptors (Lipinski definition) is 3. The van der Waals surface area contributed by atoms with E-state index in [-0.39, 0.29) is 12.1 Å². The monoisotopic (exact) mass is 190 g/mol. The van der Waals surface area contributed by atoms with E-state index in [1.54, 1.807) is 6.20 Å². The van der Waals surface area contributed by atoms with Crippen molar-refractivity contribution in [3.05, 3.63) is 40.3 Å². The molecule has 0 amide bonds. The third-order valence-corrected chi connectivity index (χ3v) is 2.00. The van der Waals surface area contributed by atoms with Crippen LogP contribution in [0.3, 0.4) is 0 Å². The lowest BCUT2D eigenvalue weighted by Gasteiger charge is -1.97. The lowest BCUT2D eigenvalue weighted by Crippen LogP contribution is -2.10. The first-order chi connectivity index (χ1) is 6.83. The van der Waals surface area contributed by atoms with Crippen molar-refractivity contribution in [2.24, 2.45) is 5.73 Å². The van der Waals surface area contributed by atoms with Crippen molar-refractivity contribution in [2.45, 2.75) is 6.54 Å². The van der Waals surface area contributed by atoms with Gasteiger partial charge in [0.1, 0.15) is 0 Å². The van der Waals surface area contributed by atoms with Crippen LogP contribution in [0.1, 0.15) is 5.56 Å². The highest BCUT2D eigenvalue weighted by molar-refractivity contribution is 5.57. The third-order valence-electron chi connectivity index (χ3n) is 2.00. The van der Waals surface area contributed by atoms with Crippen LogP contribution < -0.4 is 11.3 Å². The number of aromatic amines is 2. The number of nitrogens with two attached hydrogens (primary N) is 1. The second-order valence-corrected chi connectivity index (χ2v) is 2.85. The molecule has 0 radical (unpaired) electrons. The van der Waals surface area contributed by atoms with Crippen LogP contribution in [0, 0.1) is 0 Å². The van der Waals surface area contributed by atoms with E-state index in [4.69, 9.17) is 5.73 Å². The average Bonchev–Trinajstić information content (AvgIpc) is 2.61. The van der Waals surface area contributed by atoms with Crippen LogP contribution in [0.25, 0.3) is 11.4 Å². The highest BCUT2D eigenvalue weighted by Crippen LogP contribution is 2.14. The minimum atomic E-state index is -0.187. The molecule has 0 aliphatic heterocycles. The molecule has 5 heteroatoms. The van der Waals surface area contributed by atoms with Gasteiger partial charge in [-0.05, 0) is 12.1 Å². The third kappa shape index (κ3) is 1.33. The highest BCUT2D eigenvalue weighted by atomic mass is 16.1. The van der Waals surface area contributed by atoms with Crippen LogP contribution in [-0.4, -0.2) is 15.2 Å². The SMILES string of the molecule is NCc1c(-c2ccccn2)[nH][nH]c1=O. The van der Waals surface area contributed by atoms with E-state index >= 15 is 0 Å². The van der Waals surface area contributed by atoms with Crippen molar-refractivity contribution >= 4 is 0 Å². The fourth-order valence-corrected chi connectivity index (χ4v) is 1.31. The summed E-state index contributed by atoms with van der Waals surface area (Å²) in [7, 11) is 0. The predicted molar refractivity (Wildman–Crippen MR) is 52.5 cm³/mol. The summed E-state index contributed by atoms with van der Waals surface area (Å²) < 4.78 is 0. The van der Waals surface area contributed by atoms with E-state index in [9.17, 15) is 4.79 Å². The number of aromatic nitrogens is 3. The Bertz CT molecular complexity index is 471. The molecule has 2 rings (SSSR count). The first-order valence-electron chi connectivity index (χ1n) is 4.24. The fraction of sp³-hybridized carbons (Fsp3) is 0.111. The molecule has 0 aromatic carbocycles. The van der Waals surface area contributed by atoms with Crippen molar-refractivity contribution in [1.29, 1.82) is 0 Å². The zero-order chi connectivity index (χ0) is 9.97. The summed E-state index contributed by atoms with van der Waals surface area (Å²) in [6.45, 7) is 0.199. The second-order valence-electron chi connectivity index (χ2n) is 2.85. The van der Waals surface area contributed by atoms with Crippen LogP contribution in [0.5, 0.6) is 0 Å². The quantitative estimate of drug-likeness (QED) is 0.633. The van der Waals surface area contributed by atoms with Gasteiger partial charge in [-0.25, -0.2) is 0 Å². The molecule has 0 unspecified atom stereocenters. The number of nitrogens with one attached hydrogen (secondary N) is 2. The molecule has 0 bridgehead atoms. The molecule has 2 aromatic rings. The van der Waals surface area contributed by atoms with Gasteiger partial charge in [0.2, 0.25) is 0 Å². The Morgan fingerprint density at radius 3 is 2.86 bits per heavy atom. The molecule has 72 valence electrons. The smallest absolute Gasteiger partial charge is 0.269 e. The van der Waals surface area contributed by atoms with Crippen LogP contribution in [0.2, 0.25) is 0 Å². The standard InChI is InChI=1S/C9H10N4O/c10-5-6-8(12-13-9(6)14)7-3-1-2-4-11-7/h1-4H,5,10H2,(H2,12,13,14). The number of hydrogen-bond donors (Lipinski definition) is 3.